The molecule has 1 aromatic carbocycles. The summed E-state index contributed by atoms with van der Waals surface area (Å²) in [7, 11) is 0. The molecule has 2 fully saturated rings. The third-order valence-corrected chi connectivity index (χ3v) is 6.19. The van der Waals surface area contributed by atoms with Crippen molar-refractivity contribution >= 4 is 40.2 Å². The Hall–Kier alpha value is -2.25. The van der Waals surface area contributed by atoms with Gasteiger partial charge in [-0.05, 0) is 25.0 Å². The van der Waals surface area contributed by atoms with Crippen LogP contribution in [0.1, 0.15) is 48.2 Å². The van der Waals surface area contributed by atoms with Crippen molar-refractivity contribution in [3.63, 3.8) is 0 Å². The Kier molecular flexibility index (Phi) is 3.67. The predicted octanol–water partition coefficient (Wildman–Crippen LogP) is 3.20. The summed E-state index contributed by atoms with van der Waals surface area (Å²) in [5.74, 6) is -0.0175. The van der Waals surface area contributed by atoms with Crippen LogP contribution >= 0.6 is 11.6 Å². The maximum absolute atomic E-state index is 12.6. The minimum Gasteiger partial charge on any atom is -0.450 e. The zero-order valence-corrected chi connectivity index (χ0v) is 15.4. The fraction of sp³-hybridized carbons (Fsp3) is 0.474. The zero-order valence-electron chi connectivity index (χ0n) is 14.7. The lowest BCUT2D eigenvalue weighted by Crippen LogP contribution is -2.53. The number of anilines is 1. The number of hydrogen-bond acceptors (Lipinski definition) is 4. The van der Waals surface area contributed by atoms with Gasteiger partial charge in [-0.25, -0.2) is 4.79 Å². The number of benzene rings is 1. The van der Waals surface area contributed by atoms with Crippen molar-refractivity contribution in [1.29, 1.82) is 0 Å². The van der Waals surface area contributed by atoms with Crippen molar-refractivity contribution in [3.8, 4) is 0 Å². The maximum atomic E-state index is 12.6. The predicted molar refractivity (Wildman–Crippen MR) is 100 cm³/mol. The van der Waals surface area contributed by atoms with Crippen LogP contribution in [0.25, 0.3) is 11.0 Å². The maximum Gasteiger partial charge on any atom is 0.319 e. The fourth-order valence-corrected chi connectivity index (χ4v) is 4.82. The smallest absolute Gasteiger partial charge is 0.319 e. The summed E-state index contributed by atoms with van der Waals surface area (Å²) in [5, 5.41) is 16.5. The van der Waals surface area contributed by atoms with E-state index in [-0.39, 0.29) is 17.7 Å². The number of hydrogen-bond donors (Lipinski definition) is 3. The van der Waals surface area contributed by atoms with Gasteiger partial charge in [-0.2, -0.15) is 0 Å². The van der Waals surface area contributed by atoms with Crippen LogP contribution in [-0.2, 0) is 5.54 Å². The van der Waals surface area contributed by atoms with Crippen molar-refractivity contribution < 1.29 is 19.1 Å². The largest absolute Gasteiger partial charge is 0.450 e. The van der Waals surface area contributed by atoms with Crippen LogP contribution in [0, 0.1) is 0 Å². The van der Waals surface area contributed by atoms with Gasteiger partial charge in [-0.15, -0.1) is 0 Å². The Morgan fingerprint density at radius 3 is 2.70 bits per heavy atom. The van der Waals surface area contributed by atoms with Gasteiger partial charge in [0.25, 0.3) is 5.91 Å². The SMILES string of the molecule is O=C1Nc2c(Cl)cc3cc(C(=O)N4CC(O)C4)oc3c2C2(CCCCC2)N1. The summed E-state index contributed by atoms with van der Waals surface area (Å²) < 4.78 is 6.02. The van der Waals surface area contributed by atoms with Gasteiger partial charge in [0.2, 0.25) is 0 Å². The van der Waals surface area contributed by atoms with E-state index >= 15 is 0 Å². The molecule has 1 saturated carbocycles. The molecule has 0 atom stereocenters. The highest BCUT2D eigenvalue weighted by molar-refractivity contribution is 6.35. The van der Waals surface area contributed by atoms with Crippen molar-refractivity contribution in [2.24, 2.45) is 0 Å². The average molecular weight is 390 g/mol. The lowest BCUT2D eigenvalue weighted by Gasteiger charge is -2.42. The monoisotopic (exact) mass is 389 g/mol. The van der Waals surface area contributed by atoms with Gasteiger partial charge in [-0.1, -0.05) is 30.9 Å². The highest BCUT2D eigenvalue weighted by Gasteiger charge is 2.44. The zero-order chi connectivity index (χ0) is 18.8. The number of fused-ring (bicyclic) bond motifs is 4. The second-order valence-electron chi connectivity index (χ2n) is 7.72. The van der Waals surface area contributed by atoms with Gasteiger partial charge < -0.3 is 25.1 Å². The molecule has 1 spiro atoms. The molecule has 27 heavy (non-hydrogen) atoms. The summed E-state index contributed by atoms with van der Waals surface area (Å²) in [6.45, 7) is 0.632. The molecule has 0 radical (unpaired) electrons. The standard InChI is InChI=1S/C19H20ClN3O4/c20-12-6-10-7-13(17(25)23-8-11(24)9-23)27-16(10)14-15(12)21-18(26)22-19(14)4-2-1-3-5-19/h6-7,11,24H,1-5,8-9H2,(H2,21,22,26). The molecule has 0 bridgehead atoms. The highest BCUT2D eigenvalue weighted by Crippen LogP contribution is 2.49. The Labute approximate surface area is 160 Å². The number of nitrogens with one attached hydrogen (secondary N) is 2. The van der Waals surface area contributed by atoms with Crippen molar-refractivity contribution in [2.45, 2.75) is 43.7 Å². The molecule has 1 saturated heterocycles. The van der Waals surface area contributed by atoms with Crippen LogP contribution in [0.3, 0.4) is 0 Å². The number of aliphatic hydroxyl groups excluding tert-OH is 1. The number of rotatable bonds is 1. The number of likely N-dealkylation sites (tertiary alicyclic amines) is 1. The normalized spacial score (nSPS) is 21.6. The number of β-amino-alcohol motifs (C(OH)–C–C–N with tert-alkyl or cyclic N) is 1. The molecule has 5 rings (SSSR count). The number of carbonyl (C=O) groups is 2. The molecule has 142 valence electrons. The lowest BCUT2D eigenvalue weighted by molar-refractivity contribution is 0.00405. The third kappa shape index (κ3) is 2.52. The van der Waals surface area contributed by atoms with Crippen LogP contribution in [0.2, 0.25) is 5.02 Å². The second-order valence-corrected chi connectivity index (χ2v) is 8.13. The second kappa shape index (κ2) is 5.87. The minimum absolute atomic E-state index is 0.226. The van der Waals surface area contributed by atoms with Crippen LogP contribution in [-0.4, -0.2) is 41.1 Å². The number of carbonyl (C=O) groups excluding carboxylic acids is 2. The van der Waals surface area contributed by atoms with Crippen LogP contribution < -0.4 is 10.6 Å². The first kappa shape index (κ1) is 16.9. The Balaban J connectivity index is 1.66. The molecule has 8 heteroatoms. The third-order valence-electron chi connectivity index (χ3n) is 5.90. The van der Waals surface area contributed by atoms with E-state index in [0.717, 1.165) is 43.1 Å². The van der Waals surface area contributed by atoms with E-state index in [1.807, 2.05) is 0 Å². The number of halogens is 1. The van der Waals surface area contributed by atoms with Gasteiger partial charge >= 0.3 is 6.03 Å². The Morgan fingerprint density at radius 1 is 1.26 bits per heavy atom. The summed E-state index contributed by atoms with van der Waals surface area (Å²) >= 11 is 6.49. The van der Waals surface area contributed by atoms with Crippen LogP contribution in [0.4, 0.5) is 10.5 Å². The van der Waals surface area contributed by atoms with E-state index < -0.39 is 11.6 Å². The first-order valence-corrected chi connectivity index (χ1v) is 9.68. The molecule has 3 aliphatic rings. The molecule has 2 aromatic rings. The Morgan fingerprint density at radius 2 is 2.00 bits per heavy atom. The van der Waals surface area contributed by atoms with Crippen molar-refractivity contribution in [1.82, 2.24) is 10.2 Å². The molecule has 7 nitrogen and oxygen atoms in total. The number of furan rings is 1. The van der Waals surface area contributed by atoms with E-state index in [1.165, 1.54) is 0 Å². The number of nitrogens with zero attached hydrogens (tertiary/aromatic N) is 1. The number of urea groups is 1. The van der Waals surface area contributed by atoms with E-state index in [1.54, 1.807) is 17.0 Å². The van der Waals surface area contributed by atoms with Gasteiger partial charge in [0.15, 0.2) is 5.76 Å². The van der Waals surface area contributed by atoms with Gasteiger partial charge in [0.1, 0.15) is 5.58 Å². The van der Waals surface area contributed by atoms with Gasteiger partial charge in [-0.3, -0.25) is 4.79 Å². The Bertz CT molecular complexity index is 958. The van der Waals surface area contributed by atoms with Crippen LogP contribution in [0.5, 0.6) is 0 Å². The molecule has 3 heterocycles. The fourth-order valence-electron chi connectivity index (χ4n) is 4.57. The minimum atomic E-state index is -0.524. The average Bonchev–Trinajstić information content (AvgIpc) is 3.02. The van der Waals surface area contributed by atoms with E-state index in [0.29, 0.717) is 29.4 Å². The number of amides is 3. The summed E-state index contributed by atoms with van der Waals surface area (Å²) in [4.78, 5) is 26.4. The lowest BCUT2D eigenvalue weighted by atomic mass is 9.74. The molecule has 1 aromatic heterocycles. The first-order valence-electron chi connectivity index (χ1n) is 9.30. The number of aliphatic hydroxyl groups is 1. The van der Waals surface area contributed by atoms with Crippen molar-refractivity contribution in [2.75, 3.05) is 18.4 Å². The highest BCUT2D eigenvalue weighted by atomic mass is 35.5. The summed E-state index contributed by atoms with van der Waals surface area (Å²) in [6.07, 6.45) is 4.29. The molecule has 2 aliphatic heterocycles. The molecular weight excluding hydrogens is 370 g/mol. The topological polar surface area (TPSA) is 94.8 Å². The summed E-state index contributed by atoms with van der Waals surface area (Å²) in [6, 6.07) is 3.16. The molecular formula is C19H20ClN3O4. The molecule has 0 unspecified atom stereocenters. The van der Waals surface area contributed by atoms with Gasteiger partial charge in [0, 0.05) is 24.0 Å². The van der Waals surface area contributed by atoms with Crippen LogP contribution in [0.15, 0.2) is 16.5 Å². The van der Waals surface area contributed by atoms with E-state index in [2.05, 4.69) is 10.6 Å². The molecule has 1 aliphatic carbocycles. The quantitative estimate of drug-likeness (QED) is 0.698. The van der Waals surface area contributed by atoms with Gasteiger partial charge in [0.05, 0.1) is 22.4 Å². The summed E-state index contributed by atoms with van der Waals surface area (Å²) in [5.41, 5.74) is 1.48. The van der Waals surface area contributed by atoms with E-state index in [4.69, 9.17) is 16.0 Å². The molecule has 3 amide bonds. The van der Waals surface area contributed by atoms with Crippen molar-refractivity contribution in [3.05, 3.63) is 28.5 Å². The first-order chi connectivity index (χ1) is 13.0. The molecule has 3 N–H and O–H groups in total. The van der Waals surface area contributed by atoms with E-state index in [9.17, 15) is 14.7 Å².